The van der Waals surface area contributed by atoms with Crippen LogP contribution in [0.2, 0.25) is 0 Å². The minimum Gasteiger partial charge on any atom is -0.493 e. The van der Waals surface area contributed by atoms with Crippen molar-refractivity contribution in [1.29, 1.82) is 0 Å². The third-order valence-corrected chi connectivity index (χ3v) is 6.80. The average molecular weight is 423 g/mol. The number of carbonyl (C=O) groups is 3. The second-order valence-corrected chi connectivity index (χ2v) is 8.75. The molecule has 0 radical (unpaired) electrons. The number of hydrogen-bond donors (Lipinski definition) is 1. The lowest BCUT2D eigenvalue weighted by atomic mass is 10.2. The summed E-state index contributed by atoms with van der Waals surface area (Å²) in [5.74, 6) is 0.671. The number of rotatable bonds is 7. The largest absolute Gasteiger partial charge is 0.493 e. The maximum absolute atomic E-state index is 12.6. The number of nitrogens with zero attached hydrogens (tertiary/aromatic N) is 1. The van der Waals surface area contributed by atoms with Crippen LogP contribution in [0, 0.1) is 0 Å². The Hall–Kier alpha value is -2.42. The molecule has 2 aliphatic rings. The van der Waals surface area contributed by atoms with Crippen molar-refractivity contribution < 1.29 is 28.6 Å². The SMILES string of the molecule is COc1ccc(CNC(=O)[C@H](C)OC(=O)[C@H]2CS[C@@]3(C)CCC(=O)N23)cc1OC. The number of thioether (sulfide) groups is 1. The van der Waals surface area contributed by atoms with Gasteiger partial charge in [-0.05, 0) is 38.0 Å². The fourth-order valence-electron chi connectivity index (χ4n) is 3.62. The summed E-state index contributed by atoms with van der Waals surface area (Å²) in [6.07, 6.45) is 0.202. The fraction of sp³-hybridized carbons (Fsp3) is 0.550. The van der Waals surface area contributed by atoms with Gasteiger partial charge in [-0.2, -0.15) is 0 Å². The van der Waals surface area contributed by atoms with Crippen molar-refractivity contribution in [3.8, 4) is 11.5 Å². The zero-order chi connectivity index (χ0) is 21.2. The molecule has 0 saturated carbocycles. The van der Waals surface area contributed by atoms with E-state index in [1.807, 2.05) is 13.0 Å². The van der Waals surface area contributed by atoms with Gasteiger partial charge in [-0.1, -0.05) is 6.07 Å². The third kappa shape index (κ3) is 4.29. The molecule has 8 nitrogen and oxygen atoms in total. The van der Waals surface area contributed by atoms with E-state index < -0.39 is 24.0 Å². The monoisotopic (exact) mass is 422 g/mol. The highest BCUT2D eigenvalue weighted by molar-refractivity contribution is 8.01. The molecule has 3 rings (SSSR count). The van der Waals surface area contributed by atoms with Crippen LogP contribution in [0.15, 0.2) is 18.2 Å². The van der Waals surface area contributed by atoms with Crippen LogP contribution in [0.1, 0.15) is 32.3 Å². The molecule has 3 atom stereocenters. The number of hydrogen-bond acceptors (Lipinski definition) is 7. The zero-order valence-electron chi connectivity index (χ0n) is 17.0. The van der Waals surface area contributed by atoms with Crippen molar-refractivity contribution in [3.63, 3.8) is 0 Å². The lowest BCUT2D eigenvalue weighted by Crippen LogP contribution is -2.48. The van der Waals surface area contributed by atoms with Gasteiger partial charge in [0.2, 0.25) is 5.91 Å². The van der Waals surface area contributed by atoms with Gasteiger partial charge in [0.15, 0.2) is 17.6 Å². The molecule has 2 fully saturated rings. The van der Waals surface area contributed by atoms with E-state index in [9.17, 15) is 14.4 Å². The number of ether oxygens (including phenoxy) is 3. The van der Waals surface area contributed by atoms with Gasteiger partial charge >= 0.3 is 5.97 Å². The minimum absolute atomic E-state index is 0.0370. The summed E-state index contributed by atoms with van der Waals surface area (Å²) < 4.78 is 15.8. The molecule has 1 aromatic rings. The summed E-state index contributed by atoms with van der Waals surface area (Å²) in [5.41, 5.74) is 0.820. The first-order chi connectivity index (χ1) is 13.8. The number of nitrogens with one attached hydrogen (secondary N) is 1. The maximum Gasteiger partial charge on any atom is 0.330 e. The number of amides is 2. The van der Waals surface area contributed by atoms with Crippen LogP contribution in [0.25, 0.3) is 0 Å². The molecule has 2 heterocycles. The van der Waals surface area contributed by atoms with E-state index in [0.717, 1.165) is 12.0 Å². The van der Waals surface area contributed by atoms with Crippen molar-refractivity contribution >= 4 is 29.5 Å². The first-order valence-electron chi connectivity index (χ1n) is 9.44. The molecular weight excluding hydrogens is 396 g/mol. The first kappa shape index (κ1) is 21.3. The number of fused-ring (bicyclic) bond motifs is 1. The molecule has 2 aliphatic heterocycles. The van der Waals surface area contributed by atoms with Gasteiger partial charge in [-0.15, -0.1) is 11.8 Å². The smallest absolute Gasteiger partial charge is 0.330 e. The molecule has 0 aliphatic carbocycles. The Labute approximate surface area is 174 Å². The lowest BCUT2D eigenvalue weighted by Gasteiger charge is -2.29. The average Bonchev–Trinajstić information content (AvgIpc) is 3.21. The van der Waals surface area contributed by atoms with E-state index in [0.29, 0.717) is 23.7 Å². The Balaban J connectivity index is 1.54. The van der Waals surface area contributed by atoms with E-state index in [1.165, 1.54) is 6.92 Å². The highest BCUT2D eigenvalue weighted by Gasteiger charge is 2.53. The predicted octanol–water partition coefficient (Wildman–Crippen LogP) is 1.71. The molecule has 9 heteroatoms. The van der Waals surface area contributed by atoms with Gasteiger partial charge < -0.3 is 24.4 Å². The molecule has 1 N–H and O–H groups in total. The van der Waals surface area contributed by atoms with E-state index in [-0.39, 0.29) is 17.3 Å². The molecule has 1 aromatic carbocycles. The zero-order valence-corrected chi connectivity index (χ0v) is 17.8. The quantitative estimate of drug-likeness (QED) is 0.669. The molecular formula is C20H26N2O6S. The Bertz CT molecular complexity index is 816. The van der Waals surface area contributed by atoms with Crippen LogP contribution < -0.4 is 14.8 Å². The highest BCUT2D eigenvalue weighted by atomic mass is 32.2. The normalized spacial score (nSPS) is 24.1. The first-order valence-corrected chi connectivity index (χ1v) is 10.4. The molecule has 0 spiro atoms. The summed E-state index contributed by atoms with van der Waals surface area (Å²) >= 11 is 1.59. The third-order valence-electron chi connectivity index (χ3n) is 5.29. The topological polar surface area (TPSA) is 94.2 Å². The predicted molar refractivity (Wildman–Crippen MR) is 108 cm³/mol. The van der Waals surface area contributed by atoms with Crippen molar-refractivity contribution in [2.45, 2.75) is 50.3 Å². The van der Waals surface area contributed by atoms with Crippen LogP contribution in [-0.2, 0) is 25.7 Å². The van der Waals surface area contributed by atoms with E-state index in [4.69, 9.17) is 14.2 Å². The summed E-state index contributed by atoms with van der Waals surface area (Å²) in [6.45, 7) is 3.74. The second kappa shape index (κ2) is 8.52. The van der Waals surface area contributed by atoms with Crippen molar-refractivity contribution in [1.82, 2.24) is 10.2 Å². The Morgan fingerprint density at radius 1 is 1.31 bits per heavy atom. The fourth-order valence-corrected chi connectivity index (χ4v) is 5.04. The number of benzene rings is 1. The highest BCUT2D eigenvalue weighted by Crippen LogP contribution is 2.47. The lowest BCUT2D eigenvalue weighted by molar-refractivity contribution is -0.161. The van der Waals surface area contributed by atoms with Crippen molar-refractivity contribution in [2.75, 3.05) is 20.0 Å². The molecule has 0 unspecified atom stereocenters. The van der Waals surface area contributed by atoms with Gasteiger partial charge in [0.05, 0.1) is 19.1 Å². The van der Waals surface area contributed by atoms with Crippen LogP contribution >= 0.6 is 11.8 Å². The van der Waals surface area contributed by atoms with Crippen LogP contribution in [0.5, 0.6) is 11.5 Å². The van der Waals surface area contributed by atoms with Gasteiger partial charge in [0.1, 0.15) is 6.04 Å². The number of methoxy groups -OCH3 is 2. The van der Waals surface area contributed by atoms with Gasteiger partial charge in [-0.25, -0.2) is 4.79 Å². The van der Waals surface area contributed by atoms with Gasteiger partial charge in [-0.3, -0.25) is 9.59 Å². The molecule has 2 saturated heterocycles. The summed E-state index contributed by atoms with van der Waals surface area (Å²) in [7, 11) is 3.09. The van der Waals surface area contributed by atoms with Gasteiger partial charge in [0.25, 0.3) is 5.91 Å². The molecule has 29 heavy (non-hydrogen) atoms. The summed E-state index contributed by atoms with van der Waals surface area (Å²) in [6, 6.07) is 4.70. The van der Waals surface area contributed by atoms with E-state index in [1.54, 1.807) is 43.0 Å². The van der Waals surface area contributed by atoms with Crippen LogP contribution in [-0.4, -0.2) is 59.7 Å². The summed E-state index contributed by atoms with van der Waals surface area (Å²) in [5, 5.41) is 2.75. The summed E-state index contributed by atoms with van der Waals surface area (Å²) in [4.78, 5) is 38.4. The van der Waals surface area contributed by atoms with Crippen LogP contribution in [0.3, 0.4) is 0 Å². The molecule has 0 aromatic heterocycles. The molecule has 158 valence electrons. The maximum atomic E-state index is 12.6. The Morgan fingerprint density at radius 2 is 2.03 bits per heavy atom. The van der Waals surface area contributed by atoms with E-state index in [2.05, 4.69) is 5.32 Å². The van der Waals surface area contributed by atoms with Gasteiger partial charge in [0, 0.05) is 18.7 Å². The number of carbonyl (C=O) groups excluding carboxylic acids is 3. The Morgan fingerprint density at radius 3 is 2.72 bits per heavy atom. The number of esters is 1. The second-order valence-electron chi connectivity index (χ2n) is 7.25. The standard InChI is InChI=1S/C20H26N2O6S/c1-12(18(24)21-10-13-5-6-15(26-3)16(9-13)27-4)28-19(25)14-11-29-20(2)8-7-17(23)22(14)20/h5-6,9,12,14H,7-8,10-11H2,1-4H3,(H,21,24)/t12-,14+,20-/m0/s1. The van der Waals surface area contributed by atoms with E-state index >= 15 is 0 Å². The molecule has 0 bridgehead atoms. The molecule has 2 amide bonds. The Kier molecular flexibility index (Phi) is 6.26. The van der Waals surface area contributed by atoms with Crippen molar-refractivity contribution in [2.24, 2.45) is 0 Å². The van der Waals surface area contributed by atoms with Crippen molar-refractivity contribution in [3.05, 3.63) is 23.8 Å². The minimum atomic E-state index is -0.961. The van der Waals surface area contributed by atoms with Crippen LogP contribution in [0.4, 0.5) is 0 Å².